The van der Waals surface area contributed by atoms with Crippen molar-refractivity contribution in [3.8, 4) is 0 Å². The SMILES string of the molecule is CNC1CN(Sc2ccc(Cl)cc2Cl)C2CN(CC(F)F)C(=O)C(Cc3ccc(Cl)cc3)N2C1=O. The van der Waals surface area contributed by atoms with Crippen LogP contribution in [0.1, 0.15) is 5.56 Å². The van der Waals surface area contributed by atoms with Gasteiger partial charge in [-0.2, -0.15) is 0 Å². The molecular weight excluding hydrogens is 541 g/mol. The average molecular weight is 564 g/mol. The molecule has 0 bridgehead atoms. The summed E-state index contributed by atoms with van der Waals surface area (Å²) in [6.45, 7) is -0.449. The fraction of sp³-hybridized carbons (Fsp3) is 0.391. The first-order valence-corrected chi connectivity index (χ1v) is 12.8. The molecule has 188 valence electrons. The number of alkyl halides is 2. The lowest BCUT2D eigenvalue weighted by atomic mass is 9.97. The summed E-state index contributed by atoms with van der Waals surface area (Å²) in [5, 5.41) is 4.46. The van der Waals surface area contributed by atoms with Crippen LogP contribution in [0.5, 0.6) is 0 Å². The molecule has 0 spiro atoms. The summed E-state index contributed by atoms with van der Waals surface area (Å²) >= 11 is 19.7. The van der Waals surface area contributed by atoms with Gasteiger partial charge in [0.2, 0.25) is 11.8 Å². The standard InChI is InChI=1S/C23H23Cl3F2N4O2S/c1-29-17-10-31(35-19-7-6-15(25)9-16(19)26)21-12-30(11-20(27)28)23(34)18(32(21)22(17)33)8-13-2-4-14(24)5-3-13/h2-7,9,17-18,20-21,29H,8,10-12H2,1H3. The quantitative estimate of drug-likeness (QED) is 0.505. The van der Waals surface area contributed by atoms with Gasteiger partial charge in [0, 0.05) is 27.9 Å². The monoisotopic (exact) mass is 562 g/mol. The number of halogens is 5. The Hall–Kier alpha value is -1.62. The van der Waals surface area contributed by atoms with Crippen LogP contribution in [0.25, 0.3) is 0 Å². The van der Waals surface area contributed by atoms with E-state index in [1.165, 1.54) is 16.8 Å². The number of carbonyl (C=O) groups excluding carboxylic acids is 2. The van der Waals surface area contributed by atoms with Crippen molar-refractivity contribution in [1.29, 1.82) is 0 Å². The van der Waals surface area contributed by atoms with E-state index in [2.05, 4.69) is 5.32 Å². The molecule has 12 heteroatoms. The Morgan fingerprint density at radius 1 is 1.03 bits per heavy atom. The fourth-order valence-electron chi connectivity index (χ4n) is 4.35. The van der Waals surface area contributed by atoms with Crippen molar-refractivity contribution < 1.29 is 18.4 Å². The summed E-state index contributed by atoms with van der Waals surface area (Å²) in [6, 6.07) is 10.5. The minimum atomic E-state index is -2.70. The number of amides is 2. The first kappa shape index (κ1) is 26.4. The molecule has 0 radical (unpaired) electrons. The van der Waals surface area contributed by atoms with E-state index in [-0.39, 0.29) is 18.9 Å². The van der Waals surface area contributed by atoms with E-state index in [0.717, 1.165) is 10.5 Å². The Balaban J connectivity index is 1.71. The van der Waals surface area contributed by atoms with Gasteiger partial charge < -0.3 is 15.1 Å². The van der Waals surface area contributed by atoms with Crippen LogP contribution in [0, 0.1) is 0 Å². The molecule has 0 aliphatic carbocycles. The van der Waals surface area contributed by atoms with E-state index in [1.54, 1.807) is 49.5 Å². The highest BCUT2D eigenvalue weighted by molar-refractivity contribution is 7.97. The number of fused-ring (bicyclic) bond motifs is 1. The van der Waals surface area contributed by atoms with Crippen LogP contribution in [-0.2, 0) is 16.0 Å². The Morgan fingerprint density at radius 3 is 2.34 bits per heavy atom. The zero-order valence-corrected chi connectivity index (χ0v) is 21.7. The van der Waals surface area contributed by atoms with Gasteiger partial charge in [-0.1, -0.05) is 46.9 Å². The highest BCUT2D eigenvalue weighted by Gasteiger charge is 2.51. The smallest absolute Gasteiger partial charge is 0.255 e. The predicted molar refractivity (Wildman–Crippen MR) is 134 cm³/mol. The molecule has 4 rings (SSSR count). The second kappa shape index (κ2) is 11.2. The second-order valence-corrected chi connectivity index (χ2v) is 10.7. The number of hydrogen-bond donors (Lipinski definition) is 1. The first-order valence-electron chi connectivity index (χ1n) is 10.9. The molecule has 2 amide bonds. The van der Waals surface area contributed by atoms with Crippen LogP contribution in [0.4, 0.5) is 8.78 Å². The minimum Gasteiger partial charge on any atom is -0.332 e. The summed E-state index contributed by atoms with van der Waals surface area (Å²) in [5.74, 6) is -0.753. The number of likely N-dealkylation sites (N-methyl/N-ethyl adjacent to an activating group) is 1. The van der Waals surface area contributed by atoms with E-state index in [4.69, 9.17) is 34.8 Å². The van der Waals surface area contributed by atoms with Crippen LogP contribution in [0.3, 0.4) is 0 Å². The largest absolute Gasteiger partial charge is 0.332 e. The van der Waals surface area contributed by atoms with Gasteiger partial charge in [-0.3, -0.25) is 9.59 Å². The molecule has 0 aromatic heterocycles. The fourth-order valence-corrected chi connectivity index (χ4v) is 6.03. The molecule has 2 heterocycles. The lowest BCUT2D eigenvalue weighted by Gasteiger charge is -2.53. The van der Waals surface area contributed by atoms with Gasteiger partial charge in [-0.15, -0.1) is 0 Å². The highest BCUT2D eigenvalue weighted by atomic mass is 35.5. The summed E-state index contributed by atoms with van der Waals surface area (Å²) in [4.78, 5) is 30.2. The van der Waals surface area contributed by atoms with Crippen LogP contribution >= 0.6 is 46.8 Å². The molecule has 3 unspecified atom stereocenters. The van der Waals surface area contributed by atoms with Gasteiger partial charge in [-0.25, -0.2) is 13.1 Å². The minimum absolute atomic E-state index is 0.0410. The van der Waals surface area contributed by atoms with Crippen LogP contribution in [0.2, 0.25) is 15.1 Å². The van der Waals surface area contributed by atoms with Crippen LogP contribution in [-0.4, -0.2) is 77.3 Å². The zero-order chi connectivity index (χ0) is 25.3. The summed E-state index contributed by atoms with van der Waals surface area (Å²) in [5.41, 5.74) is 0.768. The molecular formula is C23H23Cl3F2N4O2S. The van der Waals surface area contributed by atoms with Crippen molar-refractivity contribution >= 4 is 58.6 Å². The summed E-state index contributed by atoms with van der Waals surface area (Å²) < 4.78 is 28.7. The van der Waals surface area contributed by atoms with Crippen molar-refractivity contribution in [3.63, 3.8) is 0 Å². The van der Waals surface area contributed by atoms with Gasteiger partial charge >= 0.3 is 0 Å². The maximum absolute atomic E-state index is 13.5. The van der Waals surface area contributed by atoms with E-state index in [9.17, 15) is 18.4 Å². The van der Waals surface area contributed by atoms with Crippen LogP contribution in [0.15, 0.2) is 47.4 Å². The number of nitrogens with zero attached hydrogens (tertiary/aromatic N) is 3. The number of nitrogens with one attached hydrogen (secondary N) is 1. The van der Waals surface area contributed by atoms with Crippen molar-refractivity contribution in [2.45, 2.75) is 36.0 Å². The van der Waals surface area contributed by atoms with Crippen molar-refractivity contribution in [1.82, 2.24) is 19.4 Å². The second-order valence-electron chi connectivity index (χ2n) is 8.31. The molecule has 2 saturated heterocycles. The van der Waals surface area contributed by atoms with Crippen LogP contribution < -0.4 is 5.32 Å². The van der Waals surface area contributed by atoms with Gasteiger partial charge in [0.05, 0.1) is 18.1 Å². The maximum Gasteiger partial charge on any atom is 0.255 e. The third-order valence-corrected chi connectivity index (χ3v) is 8.13. The normalized spacial score (nSPS) is 23.2. The van der Waals surface area contributed by atoms with Gasteiger partial charge in [0.15, 0.2) is 0 Å². The molecule has 2 aromatic rings. The molecule has 2 aliphatic rings. The molecule has 1 N–H and O–H groups in total. The van der Waals surface area contributed by atoms with Gasteiger partial charge in [-0.05, 0) is 54.9 Å². The van der Waals surface area contributed by atoms with Gasteiger partial charge in [0.25, 0.3) is 6.43 Å². The molecule has 35 heavy (non-hydrogen) atoms. The molecule has 0 saturated carbocycles. The Morgan fingerprint density at radius 2 is 1.71 bits per heavy atom. The van der Waals surface area contributed by atoms with E-state index in [1.807, 2.05) is 4.31 Å². The molecule has 2 aromatic carbocycles. The zero-order valence-electron chi connectivity index (χ0n) is 18.6. The Labute approximate surface area is 221 Å². The third kappa shape index (κ3) is 5.87. The average Bonchev–Trinajstić information content (AvgIpc) is 2.80. The van der Waals surface area contributed by atoms with E-state index >= 15 is 0 Å². The topological polar surface area (TPSA) is 55.9 Å². The summed E-state index contributed by atoms with van der Waals surface area (Å²) in [7, 11) is 1.67. The van der Waals surface area contributed by atoms with E-state index in [0.29, 0.717) is 26.5 Å². The Bertz CT molecular complexity index is 1090. The number of hydrogen-bond acceptors (Lipinski definition) is 5. The van der Waals surface area contributed by atoms with E-state index < -0.39 is 37.1 Å². The van der Waals surface area contributed by atoms with Gasteiger partial charge in [0.1, 0.15) is 18.2 Å². The van der Waals surface area contributed by atoms with Crippen molar-refractivity contribution in [2.75, 3.05) is 26.7 Å². The number of benzene rings is 2. The lowest BCUT2D eigenvalue weighted by Crippen LogP contribution is -2.74. The lowest BCUT2D eigenvalue weighted by molar-refractivity contribution is -0.168. The van der Waals surface area contributed by atoms with Crippen molar-refractivity contribution in [2.24, 2.45) is 0 Å². The number of carbonyl (C=O) groups is 2. The third-order valence-electron chi connectivity index (χ3n) is 6.04. The highest BCUT2D eigenvalue weighted by Crippen LogP contribution is 2.38. The molecule has 2 aliphatic heterocycles. The molecule has 3 atom stereocenters. The molecule has 2 fully saturated rings. The predicted octanol–water partition coefficient (Wildman–Crippen LogP) is 4.43. The molecule has 6 nitrogen and oxygen atoms in total. The number of rotatable bonds is 7. The Kier molecular flexibility index (Phi) is 8.45. The maximum atomic E-state index is 13.5. The summed E-state index contributed by atoms with van der Waals surface area (Å²) in [6.07, 6.45) is -3.15. The number of piperazine rings is 1. The van der Waals surface area contributed by atoms with Crippen molar-refractivity contribution in [3.05, 3.63) is 63.1 Å². The first-order chi connectivity index (χ1) is 16.7.